The third-order valence-corrected chi connectivity index (χ3v) is 7.51. The molecule has 1 fully saturated rings. The van der Waals surface area contributed by atoms with Gasteiger partial charge in [0.2, 0.25) is 0 Å². The first-order valence-corrected chi connectivity index (χ1v) is 9.26. The molecule has 0 amide bonds. The smallest absolute Gasteiger partial charge is 0.206 e. The third-order valence-electron chi connectivity index (χ3n) is 3.06. The van der Waals surface area contributed by atoms with Gasteiger partial charge in [-0.05, 0) is 59.7 Å². The molecule has 0 spiro atoms. The van der Waals surface area contributed by atoms with Crippen molar-refractivity contribution in [1.82, 2.24) is 4.31 Å². The number of sulfonamides is 1. The number of hydrogen-bond donors (Lipinski definition) is 0. The topological polar surface area (TPSA) is 37.4 Å². The fraction of sp³-hybridized carbons (Fsp3) is 0.667. The molecular weight excluding hydrogens is 334 g/mol. The molecule has 18 heavy (non-hydrogen) atoms. The highest BCUT2D eigenvalue weighted by molar-refractivity contribution is 9.11. The quantitative estimate of drug-likeness (QED) is 0.784. The molecule has 1 aromatic heterocycles. The van der Waals surface area contributed by atoms with Crippen LogP contribution in [0.15, 0.2) is 14.1 Å². The Hall–Kier alpha value is 0.0900. The summed E-state index contributed by atoms with van der Waals surface area (Å²) in [5, 5.41) is 0. The lowest BCUT2D eigenvalue weighted by molar-refractivity contribution is 0.397. The van der Waals surface area contributed by atoms with Crippen LogP contribution < -0.4 is 0 Å². The van der Waals surface area contributed by atoms with E-state index in [1.165, 1.54) is 24.2 Å². The van der Waals surface area contributed by atoms with E-state index in [-0.39, 0.29) is 0 Å². The Morgan fingerprint density at radius 1 is 1.50 bits per heavy atom. The van der Waals surface area contributed by atoms with E-state index in [2.05, 4.69) is 15.9 Å². The monoisotopic (exact) mass is 351 g/mol. The molecular formula is C12H18BrNO2S2. The van der Waals surface area contributed by atoms with Crippen LogP contribution in [0.3, 0.4) is 0 Å². The van der Waals surface area contributed by atoms with E-state index in [1.807, 2.05) is 13.8 Å². The van der Waals surface area contributed by atoms with Crippen LogP contribution in [0.4, 0.5) is 0 Å². The summed E-state index contributed by atoms with van der Waals surface area (Å²) < 4.78 is 28.2. The fourth-order valence-electron chi connectivity index (χ4n) is 1.83. The maximum Gasteiger partial charge on any atom is 0.252 e. The summed E-state index contributed by atoms with van der Waals surface area (Å²) in [4.78, 5) is 0. The Bertz CT molecular complexity index is 501. The molecule has 2 rings (SSSR count). The van der Waals surface area contributed by atoms with E-state index in [4.69, 9.17) is 0 Å². The van der Waals surface area contributed by atoms with Gasteiger partial charge in [0, 0.05) is 13.1 Å². The number of nitrogens with zero attached hydrogens (tertiary/aromatic N) is 1. The van der Waals surface area contributed by atoms with Crippen LogP contribution in [0, 0.1) is 12.8 Å². The zero-order chi connectivity index (χ0) is 13.3. The molecule has 0 atom stereocenters. The van der Waals surface area contributed by atoms with Gasteiger partial charge in [-0.15, -0.1) is 11.3 Å². The fourth-order valence-corrected chi connectivity index (χ4v) is 5.82. The SMILES string of the molecule is CCCN(CC1CC1)S(=O)(=O)c1cc(C)c(Br)s1. The Labute approximate surface area is 121 Å². The van der Waals surface area contributed by atoms with Gasteiger partial charge in [-0.2, -0.15) is 4.31 Å². The van der Waals surface area contributed by atoms with Gasteiger partial charge in [0.15, 0.2) is 0 Å². The highest BCUT2D eigenvalue weighted by Gasteiger charge is 2.32. The third kappa shape index (κ3) is 3.15. The average Bonchev–Trinajstić information content (AvgIpc) is 3.05. The lowest BCUT2D eigenvalue weighted by atomic mass is 10.4. The molecule has 0 saturated heterocycles. The molecule has 1 aliphatic carbocycles. The minimum absolute atomic E-state index is 0.459. The van der Waals surface area contributed by atoms with Crippen LogP contribution in [0.5, 0.6) is 0 Å². The maximum atomic E-state index is 12.6. The predicted molar refractivity (Wildman–Crippen MR) is 78.5 cm³/mol. The molecule has 3 nitrogen and oxygen atoms in total. The van der Waals surface area contributed by atoms with Crippen molar-refractivity contribution in [2.75, 3.05) is 13.1 Å². The largest absolute Gasteiger partial charge is 0.252 e. The summed E-state index contributed by atoms with van der Waals surface area (Å²) in [5.74, 6) is 0.579. The van der Waals surface area contributed by atoms with Gasteiger partial charge in [-0.25, -0.2) is 8.42 Å². The molecule has 0 aromatic carbocycles. The second kappa shape index (κ2) is 5.61. The van der Waals surface area contributed by atoms with Crippen LogP contribution in [-0.2, 0) is 10.0 Å². The molecule has 0 N–H and O–H groups in total. The molecule has 0 bridgehead atoms. The van der Waals surface area contributed by atoms with E-state index in [0.717, 1.165) is 15.8 Å². The minimum Gasteiger partial charge on any atom is -0.206 e. The second-order valence-corrected chi connectivity index (χ2v) is 9.36. The van der Waals surface area contributed by atoms with Gasteiger partial charge in [0.1, 0.15) is 4.21 Å². The van der Waals surface area contributed by atoms with Crippen LogP contribution in [-0.4, -0.2) is 25.8 Å². The lowest BCUT2D eigenvalue weighted by Crippen LogP contribution is -2.33. The van der Waals surface area contributed by atoms with Crippen molar-refractivity contribution in [2.45, 2.75) is 37.3 Å². The summed E-state index contributed by atoms with van der Waals surface area (Å²) in [6.45, 7) is 5.24. The Balaban J connectivity index is 2.25. The summed E-state index contributed by atoms with van der Waals surface area (Å²) in [5.41, 5.74) is 0.987. The molecule has 1 aromatic rings. The van der Waals surface area contributed by atoms with Crippen molar-refractivity contribution in [3.8, 4) is 0 Å². The molecule has 0 radical (unpaired) electrons. The summed E-state index contributed by atoms with van der Waals surface area (Å²) in [6.07, 6.45) is 3.20. The van der Waals surface area contributed by atoms with Crippen molar-refractivity contribution >= 4 is 37.3 Å². The molecule has 0 unspecified atom stereocenters. The molecule has 6 heteroatoms. The summed E-state index contributed by atoms with van der Waals surface area (Å²) in [6, 6.07) is 1.76. The first kappa shape index (κ1) is 14.5. The highest BCUT2D eigenvalue weighted by Crippen LogP contribution is 2.35. The van der Waals surface area contributed by atoms with Gasteiger partial charge < -0.3 is 0 Å². The van der Waals surface area contributed by atoms with Gasteiger partial charge in [-0.3, -0.25) is 0 Å². The number of halogens is 1. The lowest BCUT2D eigenvalue weighted by Gasteiger charge is -2.20. The van der Waals surface area contributed by atoms with Crippen LogP contribution in [0.1, 0.15) is 31.7 Å². The van der Waals surface area contributed by atoms with Crippen LogP contribution >= 0.6 is 27.3 Å². The number of thiophene rings is 1. The summed E-state index contributed by atoms with van der Waals surface area (Å²) >= 11 is 4.71. The first-order chi connectivity index (χ1) is 8.45. The zero-order valence-corrected chi connectivity index (χ0v) is 13.9. The van der Waals surface area contributed by atoms with Crippen LogP contribution in [0.25, 0.3) is 0 Å². The van der Waals surface area contributed by atoms with Gasteiger partial charge in [0.05, 0.1) is 3.79 Å². The first-order valence-electron chi connectivity index (χ1n) is 6.21. The predicted octanol–water partition coefficient (Wildman–Crippen LogP) is 3.63. The molecule has 1 heterocycles. The highest BCUT2D eigenvalue weighted by atomic mass is 79.9. The molecule has 0 aliphatic heterocycles. The average molecular weight is 352 g/mol. The van der Waals surface area contributed by atoms with E-state index in [9.17, 15) is 8.42 Å². The van der Waals surface area contributed by atoms with Gasteiger partial charge in [-0.1, -0.05) is 6.92 Å². The Morgan fingerprint density at radius 3 is 2.61 bits per heavy atom. The van der Waals surface area contributed by atoms with Crippen LogP contribution in [0.2, 0.25) is 0 Å². The number of hydrogen-bond acceptors (Lipinski definition) is 3. The van der Waals surface area contributed by atoms with Crippen molar-refractivity contribution in [1.29, 1.82) is 0 Å². The molecule has 102 valence electrons. The van der Waals surface area contributed by atoms with Crippen molar-refractivity contribution in [3.05, 3.63) is 15.4 Å². The van der Waals surface area contributed by atoms with Gasteiger partial charge >= 0.3 is 0 Å². The van der Waals surface area contributed by atoms with E-state index in [0.29, 0.717) is 23.2 Å². The van der Waals surface area contributed by atoms with Crippen molar-refractivity contribution in [3.63, 3.8) is 0 Å². The number of rotatable bonds is 6. The minimum atomic E-state index is -3.30. The Morgan fingerprint density at radius 2 is 2.17 bits per heavy atom. The number of aryl methyl sites for hydroxylation is 1. The van der Waals surface area contributed by atoms with E-state index < -0.39 is 10.0 Å². The van der Waals surface area contributed by atoms with E-state index >= 15 is 0 Å². The molecule has 1 aliphatic rings. The summed E-state index contributed by atoms with van der Waals surface area (Å²) in [7, 11) is -3.30. The van der Waals surface area contributed by atoms with E-state index in [1.54, 1.807) is 10.4 Å². The standard InChI is InChI=1S/C12H18BrNO2S2/c1-3-6-14(8-10-4-5-10)18(15,16)11-7-9(2)12(13)17-11/h7,10H,3-6,8H2,1-2H3. The molecule has 1 saturated carbocycles. The van der Waals surface area contributed by atoms with Crippen molar-refractivity contribution in [2.24, 2.45) is 5.92 Å². The van der Waals surface area contributed by atoms with Crippen molar-refractivity contribution < 1.29 is 8.42 Å². The van der Waals surface area contributed by atoms with Gasteiger partial charge in [0.25, 0.3) is 10.0 Å². The Kier molecular flexibility index (Phi) is 4.52. The second-order valence-electron chi connectivity index (χ2n) is 4.83. The zero-order valence-electron chi connectivity index (χ0n) is 10.6. The maximum absolute atomic E-state index is 12.6. The normalized spacial score (nSPS) is 16.4.